The van der Waals surface area contributed by atoms with Crippen LogP contribution >= 0.6 is 23.1 Å². The average Bonchev–Trinajstić information content (AvgIpc) is 4.18. The third kappa shape index (κ3) is 13.2. The van der Waals surface area contributed by atoms with Crippen molar-refractivity contribution in [1.82, 2.24) is 14.4 Å². The maximum absolute atomic E-state index is 12.5. The molecule has 0 unspecified atom stereocenters. The Hall–Kier alpha value is -7.49. The average molecular weight is 1200 g/mol. The molecular weight excluding hydrogens is 1150 g/mol. The highest BCUT2D eigenvalue weighted by Gasteiger charge is 2.25. The van der Waals surface area contributed by atoms with Crippen LogP contribution in [0.15, 0.2) is 112 Å². The number of hydrogen-bond donors (Lipinski definition) is 7. The number of aliphatic hydroxyl groups is 1. The molecule has 0 spiro atoms. The maximum Gasteiger partial charge on any atom is 0.296 e. The number of hydrogen-bond acceptors (Lipinski definition) is 23. The number of imidazole rings is 1. The van der Waals surface area contributed by atoms with Crippen LogP contribution in [0.3, 0.4) is 0 Å². The second-order valence-electron chi connectivity index (χ2n) is 17.1. The van der Waals surface area contributed by atoms with E-state index >= 15 is 0 Å². The van der Waals surface area contributed by atoms with E-state index in [2.05, 4.69) is 52.0 Å². The highest BCUT2D eigenvalue weighted by atomic mass is 32.2. The van der Waals surface area contributed by atoms with Crippen molar-refractivity contribution in [3.8, 4) is 17.7 Å². The van der Waals surface area contributed by atoms with Gasteiger partial charge in [0.1, 0.15) is 39.0 Å². The van der Waals surface area contributed by atoms with Gasteiger partial charge in [-0.15, -0.1) is 37.3 Å². The summed E-state index contributed by atoms with van der Waals surface area (Å²) in [6.45, 7) is 3.49. The van der Waals surface area contributed by atoms with E-state index in [1.807, 2.05) is 0 Å². The van der Waals surface area contributed by atoms with E-state index in [1.54, 1.807) is 25.1 Å². The summed E-state index contributed by atoms with van der Waals surface area (Å²) in [6, 6.07) is 17.0. The Kier molecular flexibility index (Phi) is 16.6. The topological polar surface area (TPSA) is 424 Å². The van der Waals surface area contributed by atoms with Crippen LogP contribution in [0.2, 0.25) is 0 Å². The zero-order chi connectivity index (χ0) is 57.4. The molecule has 0 bridgehead atoms. The highest BCUT2D eigenvalue weighted by molar-refractivity contribution is 7.99. The van der Waals surface area contributed by atoms with Gasteiger partial charge in [-0.2, -0.15) is 44.0 Å². The summed E-state index contributed by atoms with van der Waals surface area (Å²) in [5.74, 6) is -2.05. The molecule has 1 amide bonds. The number of para-hydroxylation sites is 1. The number of nitriles is 1. The van der Waals surface area contributed by atoms with E-state index in [0.29, 0.717) is 16.8 Å². The Bertz CT molecular complexity index is 4440. The minimum Gasteiger partial charge on any atom is -0.493 e. The number of amides is 1. The first-order valence-corrected chi connectivity index (χ1v) is 30.5. The number of thiazole rings is 1. The van der Waals surface area contributed by atoms with Crippen molar-refractivity contribution < 1.29 is 71.6 Å². The molecule has 5 aromatic carbocycles. The molecule has 7 N–H and O–H groups in total. The Balaban J connectivity index is 1.19. The van der Waals surface area contributed by atoms with E-state index in [4.69, 9.17) is 4.74 Å². The second-order valence-corrected chi connectivity index (χ2v) is 25.2. The summed E-state index contributed by atoms with van der Waals surface area (Å²) in [5.41, 5.74) is 1.55. The number of nitrogens with zero attached hydrogens (tertiary/aromatic N) is 10. The van der Waals surface area contributed by atoms with Crippen molar-refractivity contribution in [2.75, 3.05) is 29.2 Å². The zero-order valence-electron chi connectivity index (χ0n) is 41.0. The van der Waals surface area contributed by atoms with Crippen LogP contribution in [0.4, 0.5) is 39.3 Å². The first-order chi connectivity index (χ1) is 37.1. The van der Waals surface area contributed by atoms with Crippen molar-refractivity contribution in [3.63, 3.8) is 0 Å². The minimum atomic E-state index is -4.91. The summed E-state index contributed by atoms with van der Waals surface area (Å²) >= 11 is 1.81. The van der Waals surface area contributed by atoms with E-state index in [9.17, 15) is 72.2 Å². The molecule has 0 saturated heterocycles. The molecule has 27 nitrogen and oxygen atoms in total. The molecule has 79 heavy (non-hydrogen) atoms. The number of aromatic nitrogens is 3. The molecule has 0 saturated carbocycles. The fourth-order valence-corrected chi connectivity index (χ4v) is 12.1. The molecule has 0 fully saturated rings. The molecule has 8 rings (SSSR count). The van der Waals surface area contributed by atoms with Gasteiger partial charge in [0.25, 0.3) is 40.5 Å². The summed E-state index contributed by atoms with van der Waals surface area (Å²) in [6.07, 6.45) is -0.218. The zero-order valence-corrected chi connectivity index (χ0v) is 45.9. The van der Waals surface area contributed by atoms with Crippen molar-refractivity contribution >= 4 is 146 Å². The van der Waals surface area contributed by atoms with Gasteiger partial charge in [0.05, 0.1) is 62.6 Å². The van der Waals surface area contributed by atoms with Crippen LogP contribution in [-0.4, -0.2) is 106 Å². The normalized spacial score (nSPS) is 12.8. The molecule has 0 atom stereocenters. The van der Waals surface area contributed by atoms with Gasteiger partial charge >= 0.3 is 0 Å². The van der Waals surface area contributed by atoms with Crippen LogP contribution in [0.25, 0.3) is 37.7 Å². The molecule has 0 radical (unpaired) electrons. The maximum atomic E-state index is 12.5. The number of aryl methyl sites for hydroxylation is 1. The minimum absolute atomic E-state index is 0.0104. The second kappa shape index (κ2) is 22.7. The quantitative estimate of drug-likeness (QED) is 0.0161. The summed E-state index contributed by atoms with van der Waals surface area (Å²) in [4.78, 5) is 19.9. The SMILES string of the molecule is CC(=O)Nc1cccc2c1nc1c(C#N)c(C)c(N=Nc3cc(C)c(N=Nc4cc(CO)c(N=Nc5nc6c(S(=O)(=O)O)cc7ccc(S(=O)(=O)O)cc7c6s5)cc4SCCCS(=O)(=O)O)cc3OCCCS(=O)(=O)O)c(O)n12. The molecule has 0 aliphatic heterocycles. The van der Waals surface area contributed by atoms with Gasteiger partial charge in [-0.3, -0.25) is 27.4 Å². The number of pyridine rings is 1. The first kappa shape index (κ1) is 57.7. The molecular formula is C46H41N11O16S6. The lowest BCUT2D eigenvalue weighted by molar-refractivity contribution is -0.114. The monoisotopic (exact) mass is 1200 g/mol. The molecule has 0 aliphatic carbocycles. The lowest BCUT2D eigenvalue weighted by atomic mass is 10.1. The number of ether oxygens (including phenoxy) is 1. The van der Waals surface area contributed by atoms with Crippen molar-refractivity contribution in [2.24, 2.45) is 30.7 Å². The number of rotatable bonds is 20. The molecule has 3 heterocycles. The van der Waals surface area contributed by atoms with E-state index in [-0.39, 0.29) is 124 Å². The third-order valence-corrected chi connectivity index (χ3v) is 16.9. The number of fused-ring (bicyclic) bond motifs is 6. The largest absolute Gasteiger partial charge is 0.493 e. The van der Waals surface area contributed by atoms with Crippen LogP contribution in [-0.2, 0) is 51.9 Å². The summed E-state index contributed by atoms with van der Waals surface area (Å²) in [5, 5.41) is 61.3. The van der Waals surface area contributed by atoms with Crippen LogP contribution in [0.1, 0.15) is 42.0 Å². The van der Waals surface area contributed by atoms with Gasteiger partial charge < -0.3 is 20.3 Å². The Morgan fingerprint density at radius 2 is 1.49 bits per heavy atom. The van der Waals surface area contributed by atoms with Gasteiger partial charge in [-0.05, 0) is 91.9 Å². The van der Waals surface area contributed by atoms with Crippen LogP contribution in [0.5, 0.6) is 11.6 Å². The van der Waals surface area contributed by atoms with Gasteiger partial charge in [-0.1, -0.05) is 23.5 Å². The molecule has 3 aromatic heterocycles. The van der Waals surface area contributed by atoms with E-state index in [0.717, 1.165) is 41.3 Å². The van der Waals surface area contributed by atoms with Crippen LogP contribution < -0.4 is 10.1 Å². The van der Waals surface area contributed by atoms with E-state index in [1.165, 1.54) is 48.6 Å². The smallest absolute Gasteiger partial charge is 0.296 e. The number of anilines is 1. The predicted molar refractivity (Wildman–Crippen MR) is 289 cm³/mol. The van der Waals surface area contributed by atoms with Gasteiger partial charge in [0, 0.05) is 34.4 Å². The first-order valence-electron chi connectivity index (χ1n) is 22.6. The highest BCUT2D eigenvalue weighted by Crippen LogP contribution is 2.44. The lowest BCUT2D eigenvalue weighted by Crippen LogP contribution is -2.08. The fourth-order valence-electron chi connectivity index (χ4n) is 7.84. The number of carbonyl (C=O) groups excluding carboxylic acids is 1. The number of thioether (sulfide) groups is 1. The number of benzene rings is 5. The van der Waals surface area contributed by atoms with Gasteiger partial charge in [-0.25, -0.2) is 9.97 Å². The van der Waals surface area contributed by atoms with Gasteiger partial charge in [0.15, 0.2) is 11.3 Å². The van der Waals surface area contributed by atoms with Crippen molar-refractivity contribution in [3.05, 3.63) is 89.0 Å². The lowest BCUT2D eigenvalue weighted by Gasteiger charge is -2.12. The fraction of sp³-hybridized carbons (Fsp3) is 0.217. The number of carbonyl (C=O) groups is 1. The third-order valence-electron chi connectivity index (χ3n) is 11.4. The number of azo groups is 3. The Labute approximate surface area is 456 Å². The Morgan fingerprint density at radius 1 is 0.797 bits per heavy atom. The van der Waals surface area contributed by atoms with E-state index < -0.39 is 74.3 Å². The number of aliphatic hydroxyl groups excluding tert-OH is 1. The standard InChI is InChI=1S/C46H41N11O16S6/c1-23-15-34(53-55-40-24(2)30(21-47)44-49-41-31(48-25(3)59)7-4-8-36(41)57(44)45(40)60)37(73-11-5-13-76(61,62)63)19-32(23)51-54-35-16-27(22-58)33(20-38(35)74-12-6-14-77(64,65)66)52-56-46-50-42-39(79(70,71)72)17-26-9-10-28(78(67,68)69)18-29(26)43(42)75-46/h4,7-10,15-20,58,60H,5-6,11-14,22H2,1-3H3,(H,48,59)(H,61,62,63)(H,64,65,66)(H,67,68,69)(H,70,71,72). The van der Waals surface area contributed by atoms with Crippen LogP contribution in [0, 0.1) is 25.2 Å². The summed E-state index contributed by atoms with van der Waals surface area (Å²) in [7, 11) is -18.3. The Morgan fingerprint density at radius 3 is 2.16 bits per heavy atom. The molecule has 33 heteroatoms. The van der Waals surface area contributed by atoms with Crippen molar-refractivity contribution in [1.29, 1.82) is 5.26 Å². The summed E-state index contributed by atoms with van der Waals surface area (Å²) < 4.78 is 141. The van der Waals surface area contributed by atoms with Gasteiger partial charge in [0.2, 0.25) is 16.9 Å². The van der Waals surface area contributed by atoms with Crippen molar-refractivity contribution in [2.45, 2.75) is 54.9 Å². The molecule has 0 aliphatic rings. The predicted octanol–water partition coefficient (Wildman–Crippen LogP) is 9.66. The molecule has 412 valence electrons. The number of aromatic hydroxyl groups is 1. The number of nitrogens with one attached hydrogen (secondary N) is 1. The molecule has 8 aromatic rings.